The zero-order valence-corrected chi connectivity index (χ0v) is 12.2. The summed E-state index contributed by atoms with van der Waals surface area (Å²) in [6.45, 7) is 7.29. The van der Waals surface area contributed by atoms with E-state index in [1.165, 1.54) is 0 Å². The third kappa shape index (κ3) is 4.26. The third-order valence-electron chi connectivity index (χ3n) is 4.28. The van der Waals surface area contributed by atoms with Gasteiger partial charge in [-0.25, -0.2) is 0 Å². The number of Topliss-reactive ketones (excluding diaryl/α,β-unsaturated/α-hetero) is 1. The quantitative estimate of drug-likeness (QED) is 0.828. The first-order valence-corrected chi connectivity index (χ1v) is 7.59. The number of carbonyl (C=O) groups is 1. The van der Waals surface area contributed by atoms with E-state index in [0.717, 1.165) is 52.0 Å². The van der Waals surface area contributed by atoms with Gasteiger partial charge in [0.25, 0.3) is 0 Å². The van der Waals surface area contributed by atoms with E-state index in [1.807, 2.05) is 0 Å². The van der Waals surface area contributed by atoms with Gasteiger partial charge >= 0.3 is 0 Å². The van der Waals surface area contributed by atoms with E-state index in [1.54, 1.807) is 0 Å². The van der Waals surface area contributed by atoms with Crippen LogP contribution in [0, 0.1) is 5.92 Å². The Morgan fingerprint density at radius 2 is 2.05 bits per heavy atom. The smallest absolute Gasteiger partial charge is 0.137 e. The van der Waals surface area contributed by atoms with E-state index in [9.17, 15) is 4.79 Å². The van der Waals surface area contributed by atoms with Crippen molar-refractivity contribution in [2.75, 3.05) is 26.4 Å². The highest BCUT2D eigenvalue weighted by molar-refractivity contribution is 5.81. The van der Waals surface area contributed by atoms with Gasteiger partial charge in [-0.1, -0.05) is 13.8 Å². The van der Waals surface area contributed by atoms with Crippen molar-refractivity contribution < 1.29 is 14.3 Å². The van der Waals surface area contributed by atoms with Crippen LogP contribution < -0.4 is 5.32 Å². The van der Waals surface area contributed by atoms with Crippen molar-refractivity contribution in [1.29, 1.82) is 0 Å². The van der Waals surface area contributed by atoms with Gasteiger partial charge in [-0.3, -0.25) is 4.79 Å². The zero-order valence-electron chi connectivity index (χ0n) is 12.2. The molecule has 4 nitrogen and oxygen atoms in total. The molecular formula is C15H27NO3. The minimum Gasteiger partial charge on any atom is -0.381 e. The summed E-state index contributed by atoms with van der Waals surface area (Å²) in [6.07, 6.45) is 4.33. The second-order valence-corrected chi connectivity index (χ2v) is 6.16. The zero-order chi connectivity index (χ0) is 13.7. The maximum absolute atomic E-state index is 12.3. The van der Waals surface area contributed by atoms with Gasteiger partial charge in [-0.05, 0) is 25.7 Å². The summed E-state index contributed by atoms with van der Waals surface area (Å²) in [6, 6.07) is 0.448. The van der Waals surface area contributed by atoms with Gasteiger partial charge in [-0.15, -0.1) is 0 Å². The molecule has 0 aromatic heterocycles. The molecule has 0 aliphatic carbocycles. The first-order valence-electron chi connectivity index (χ1n) is 7.59. The van der Waals surface area contributed by atoms with E-state index in [0.29, 0.717) is 18.2 Å². The highest BCUT2D eigenvalue weighted by atomic mass is 16.5. The molecule has 2 saturated heterocycles. The lowest BCUT2D eigenvalue weighted by Gasteiger charge is -2.43. The van der Waals surface area contributed by atoms with Gasteiger partial charge in [0.2, 0.25) is 0 Å². The molecular weight excluding hydrogens is 242 g/mol. The van der Waals surface area contributed by atoms with Crippen molar-refractivity contribution in [2.45, 2.75) is 57.6 Å². The fraction of sp³-hybridized carbons (Fsp3) is 0.933. The van der Waals surface area contributed by atoms with Gasteiger partial charge < -0.3 is 14.8 Å². The fourth-order valence-corrected chi connectivity index (χ4v) is 3.08. The topological polar surface area (TPSA) is 47.6 Å². The molecule has 1 atom stereocenters. The summed E-state index contributed by atoms with van der Waals surface area (Å²) in [5.74, 6) is 0.600. The highest BCUT2D eigenvalue weighted by Gasteiger charge is 2.40. The molecule has 4 heteroatoms. The van der Waals surface area contributed by atoms with Crippen LogP contribution in [-0.2, 0) is 14.3 Å². The SMILES string of the molecule is CC(C)NCCC(=O)C1CCOC2(CCOCC2)C1. The number of rotatable bonds is 5. The number of ether oxygens (including phenoxy) is 2. The molecule has 0 saturated carbocycles. The number of ketones is 1. The second kappa shape index (κ2) is 6.82. The molecule has 1 unspecified atom stereocenters. The van der Waals surface area contributed by atoms with Crippen LogP contribution in [0.15, 0.2) is 0 Å². The summed E-state index contributed by atoms with van der Waals surface area (Å²) < 4.78 is 11.4. The minimum atomic E-state index is -0.0672. The molecule has 0 aromatic carbocycles. The number of hydrogen-bond donors (Lipinski definition) is 1. The van der Waals surface area contributed by atoms with Crippen LogP contribution in [0.2, 0.25) is 0 Å². The molecule has 1 N–H and O–H groups in total. The lowest BCUT2D eigenvalue weighted by molar-refractivity contribution is -0.156. The first-order chi connectivity index (χ1) is 9.11. The van der Waals surface area contributed by atoms with Crippen LogP contribution in [0.3, 0.4) is 0 Å². The monoisotopic (exact) mass is 269 g/mol. The summed E-state index contributed by atoms with van der Waals surface area (Å²) in [5, 5.41) is 3.31. The van der Waals surface area contributed by atoms with Gasteiger partial charge in [0, 0.05) is 44.7 Å². The van der Waals surface area contributed by atoms with Gasteiger partial charge in [0.15, 0.2) is 0 Å². The molecule has 19 heavy (non-hydrogen) atoms. The third-order valence-corrected chi connectivity index (χ3v) is 4.28. The normalized spacial score (nSPS) is 26.8. The van der Waals surface area contributed by atoms with Gasteiger partial charge in [0.1, 0.15) is 5.78 Å². The highest BCUT2D eigenvalue weighted by Crippen LogP contribution is 2.37. The average Bonchev–Trinajstić information content (AvgIpc) is 2.39. The summed E-state index contributed by atoms with van der Waals surface area (Å²) >= 11 is 0. The molecule has 110 valence electrons. The Morgan fingerprint density at radius 1 is 1.32 bits per heavy atom. The van der Waals surface area contributed by atoms with E-state index in [4.69, 9.17) is 9.47 Å². The first kappa shape index (κ1) is 14.9. The van der Waals surface area contributed by atoms with Crippen molar-refractivity contribution in [3.8, 4) is 0 Å². The predicted molar refractivity (Wildman–Crippen MR) is 74.2 cm³/mol. The fourth-order valence-electron chi connectivity index (χ4n) is 3.08. The molecule has 1 spiro atoms. The average molecular weight is 269 g/mol. The number of hydrogen-bond acceptors (Lipinski definition) is 4. The van der Waals surface area contributed by atoms with Crippen LogP contribution in [0.4, 0.5) is 0 Å². The van der Waals surface area contributed by atoms with E-state index >= 15 is 0 Å². The maximum atomic E-state index is 12.3. The molecule has 2 fully saturated rings. The molecule has 0 bridgehead atoms. The largest absolute Gasteiger partial charge is 0.381 e. The Kier molecular flexibility index (Phi) is 5.37. The van der Waals surface area contributed by atoms with Crippen LogP contribution >= 0.6 is 0 Å². The van der Waals surface area contributed by atoms with E-state index in [-0.39, 0.29) is 11.5 Å². The lowest BCUT2D eigenvalue weighted by Crippen LogP contribution is -2.46. The Balaban J connectivity index is 1.81. The minimum absolute atomic E-state index is 0.0672. The van der Waals surface area contributed by atoms with Crippen molar-refractivity contribution in [1.82, 2.24) is 5.32 Å². The Bertz CT molecular complexity index is 292. The molecule has 0 aromatic rings. The van der Waals surface area contributed by atoms with Crippen molar-refractivity contribution in [3.05, 3.63) is 0 Å². The second-order valence-electron chi connectivity index (χ2n) is 6.16. The summed E-state index contributed by atoms with van der Waals surface area (Å²) in [4.78, 5) is 12.3. The van der Waals surface area contributed by atoms with Gasteiger partial charge in [0.05, 0.1) is 5.60 Å². The molecule has 2 aliphatic heterocycles. The van der Waals surface area contributed by atoms with Gasteiger partial charge in [-0.2, -0.15) is 0 Å². The standard InChI is InChI=1S/C15H27NO3/c1-12(2)16-7-3-14(17)13-4-8-19-15(11-13)5-9-18-10-6-15/h12-13,16H,3-11H2,1-2H3. The van der Waals surface area contributed by atoms with Crippen molar-refractivity contribution >= 4 is 5.78 Å². The number of nitrogens with one attached hydrogen (secondary N) is 1. The van der Waals surface area contributed by atoms with Crippen LogP contribution in [0.5, 0.6) is 0 Å². The maximum Gasteiger partial charge on any atom is 0.137 e. The van der Waals surface area contributed by atoms with Crippen LogP contribution in [0.1, 0.15) is 46.0 Å². The van der Waals surface area contributed by atoms with E-state index in [2.05, 4.69) is 19.2 Å². The predicted octanol–water partition coefficient (Wildman–Crippen LogP) is 1.92. The number of carbonyl (C=O) groups excluding carboxylic acids is 1. The molecule has 2 rings (SSSR count). The Hall–Kier alpha value is -0.450. The van der Waals surface area contributed by atoms with E-state index < -0.39 is 0 Å². The summed E-state index contributed by atoms with van der Waals surface area (Å²) in [7, 11) is 0. The molecule has 2 aliphatic rings. The van der Waals surface area contributed by atoms with Crippen LogP contribution in [-0.4, -0.2) is 43.8 Å². The van der Waals surface area contributed by atoms with Crippen molar-refractivity contribution in [2.24, 2.45) is 5.92 Å². The molecule has 0 amide bonds. The Morgan fingerprint density at radius 3 is 2.74 bits per heavy atom. The molecule has 2 heterocycles. The van der Waals surface area contributed by atoms with Crippen LogP contribution in [0.25, 0.3) is 0 Å². The van der Waals surface area contributed by atoms with Crippen molar-refractivity contribution in [3.63, 3.8) is 0 Å². The Labute approximate surface area is 116 Å². The summed E-state index contributed by atoms with van der Waals surface area (Å²) in [5.41, 5.74) is -0.0672. The molecule has 0 radical (unpaired) electrons. The lowest BCUT2D eigenvalue weighted by atomic mass is 9.78.